The molecule has 5 heteroatoms. The SMILES string of the molecule is COc1ccc(CCn2c(C)cc(C(=O)CN3CCN(CC(C)C)CC3)c2C)cc1. The third-order valence-corrected chi connectivity index (χ3v) is 6.11. The summed E-state index contributed by atoms with van der Waals surface area (Å²) in [6.45, 7) is 15.3. The minimum absolute atomic E-state index is 0.246. The van der Waals surface area contributed by atoms with Gasteiger partial charge < -0.3 is 14.2 Å². The van der Waals surface area contributed by atoms with Gasteiger partial charge in [0, 0.05) is 56.2 Å². The molecular formula is C25H37N3O2. The maximum absolute atomic E-state index is 13.0. The van der Waals surface area contributed by atoms with Gasteiger partial charge in [0.25, 0.3) is 0 Å². The minimum Gasteiger partial charge on any atom is -0.497 e. The fourth-order valence-corrected chi connectivity index (χ4v) is 4.40. The fraction of sp³-hybridized carbons (Fsp3) is 0.560. The third kappa shape index (κ3) is 5.73. The van der Waals surface area contributed by atoms with Crippen molar-refractivity contribution in [1.82, 2.24) is 14.4 Å². The van der Waals surface area contributed by atoms with Gasteiger partial charge in [0.05, 0.1) is 13.7 Å². The second-order valence-corrected chi connectivity index (χ2v) is 8.93. The number of Topliss-reactive ketones (excluding diaryl/α,β-unsaturated/α-hetero) is 1. The topological polar surface area (TPSA) is 37.7 Å². The van der Waals surface area contributed by atoms with Crippen molar-refractivity contribution >= 4 is 5.78 Å². The van der Waals surface area contributed by atoms with Crippen LogP contribution in [0, 0.1) is 19.8 Å². The highest BCUT2D eigenvalue weighted by atomic mass is 16.5. The van der Waals surface area contributed by atoms with Crippen LogP contribution in [-0.4, -0.2) is 66.5 Å². The molecule has 1 aliphatic rings. The van der Waals surface area contributed by atoms with Gasteiger partial charge in [-0.15, -0.1) is 0 Å². The van der Waals surface area contributed by atoms with Crippen LogP contribution in [0.3, 0.4) is 0 Å². The molecule has 164 valence electrons. The molecule has 0 bridgehead atoms. The Hall–Kier alpha value is -2.11. The molecule has 0 N–H and O–H groups in total. The van der Waals surface area contributed by atoms with E-state index in [0.717, 1.165) is 68.4 Å². The molecule has 30 heavy (non-hydrogen) atoms. The number of aryl methyl sites for hydroxylation is 2. The Kier molecular flexibility index (Phi) is 7.73. The smallest absolute Gasteiger partial charge is 0.178 e. The second kappa shape index (κ2) is 10.3. The molecule has 0 saturated carbocycles. The number of carbonyl (C=O) groups is 1. The van der Waals surface area contributed by atoms with Crippen LogP contribution in [0.15, 0.2) is 30.3 Å². The Morgan fingerprint density at radius 1 is 1.03 bits per heavy atom. The van der Waals surface area contributed by atoms with Crippen molar-refractivity contribution in [2.75, 3.05) is 46.4 Å². The summed E-state index contributed by atoms with van der Waals surface area (Å²) in [5.41, 5.74) is 4.40. The predicted molar refractivity (Wildman–Crippen MR) is 123 cm³/mol. The number of benzene rings is 1. The van der Waals surface area contributed by atoms with Gasteiger partial charge in [0.1, 0.15) is 5.75 Å². The van der Waals surface area contributed by atoms with Crippen molar-refractivity contribution < 1.29 is 9.53 Å². The van der Waals surface area contributed by atoms with E-state index in [1.54, 1.807) is 7.11 Å². The van der Waals surface area contributed by atoms with E-state index in [1.165, 1.54) is 5.56 Å². The second-order valence-electron chi connectivity index (χ2n) is 8.93. The summed E-state index contributed by atoms with van der Waals surface area (Å²) in [4.78, 5) is 17.8. The highest BCUT2D eigenvalue weighted by Gasteiger charge is 2.22. The Morgan fingerprint density at radius 2 is 1.67 bits per heavy atom. The lowest BCUT2D eigenvalue weighted by molar-refractivity contribution is 0.0837. The Balaban J connectivity index is 1.57. The molecule has 0 spiro atoms. The number of hydrogen-bond acceptors (Lipinski definition) is 4. The lowest BCUT2D eigenvalue weighted by Gasteiger charge is -2.35. The van der Waals surface area contributed by atoms with Gasteiger partial charge in [0.2, 0.25) is 0 Å². The summed E-state index contributed by atoms with van der Waals surface area (Å²) in [6.07, 6.45) is 0.936. The van der Waals surface area contributed by atoms with Crippen molar-refractivity contribution in [2.24, 2.45) is 5.92 Å². The molecule has 1 aromatic carbocycles. The van der Waals surface area contributed by atoms with Crippen molar-refractivity contribution in [3.63, 3.8) is 0 Å². The summed E-state index contributed by atoms with van der Waals surface area (Å²) >= 11 is 0. The molecule has 3 rings (SSSR count). The van der Waals surface area contributed by atoms with Gasteiger partial charge >= 0.3 is 0 Å². The number of rotatable bonds is 9. The number of ether oxygens (including phenoxy) is 1. The van der Waals surface area contributed by atoms with Crippen LogP contribution in [0.4, 0.5) is 0 Å². The number of ketones is 1. The van der Waals surface area contributed by atoms with E-state index in [1.807, 2.05) is 12.1 Å². The fourth-order valence-electron chi connectivity index (χ4n) is 4.40. The highest BCUT2D eigenvalue weighted by Crippen LogP contribution is 2.19. The molecular weight excluding hydrogens is 374 g/mol. The summed E-state index contributed by atoms with van der Waals surface area (Å²) in [5, 5.41) is 0. The van der Waals surface area contributed by atoms with Crippen LogP contribution in [0.1, 0.15) is 41.2 Å². The van der Waals surface area contributed by atoms with Gasteiger partial charge in [-0.3, -0.25) is 9.69 Å². The lowest BCUT2D eigenvalue weighted by atomic mass is 10.1. The highest BCUT2D eigenvalue weighted by molar-refractivity contribution is 5.99. The maximum Gasteiger partial charge on any atom is 0.178 e. The van der Waals surface area contributed by atoms with Crippen LogP contribution >= 0.6 is 0 Å². The Morgan fingerprint density at radius 3 is 2.27 bits per heavy atom. The zero-order valence-corrected chi connectivity index (χ0v) is 19.3. The Bertz CT molecular complexity index is 831. The lowest BCUT2D eigenvalue weighted by Crippen LogP contribution is -2.48. The van der Waals surface area contributed by atoms with Gasteiger partial charge in [0.15, 0.2) is 5.78 Å². The van der Waals surface area contributed by atoms with E-state index in [2.05, 4.69) is 60.3 Å². The van der Waals surface area contributed by atoms with E-state index in [4.69, 9.17) is 4.74 Å². The largest absolute Gasteiger partial charge is 0.497 e. The first kappa shape index (κ1) is 22.6. The van der Waals surface area contributed by atoms with E-state index in [0.29, 0.717) is 12.5 Å². The van der Waals surface area contributed by atoms with Crippen molar-refractivity contribution in [2.45, 2.75) is 40.7 Å². The number of aromatic nitrogens is 1. The first-order chi connectivity index (χ1) is 14.4. The molecule has 0 radical (unpaired) electrons. The molecule has 0 amide bonds. The molecule has 2 aromatic rings. The first-order valence-electron chi connectivity index (χ1n) is 11.1. The quantitative estimate of drug-likeness (QED) is 0.588. The van der Waals surface area contributed by atoms with Gasteiger partial charge in [-0.1, -0.05) is 26.0 Å². The van der Waals surface area contributed by atoms with Gasteiger partial charge in [-0.25, -0.2) is 0 Å². The average molecular weight is 412 g/mol. The average Bonchev–Trinajstić information content (AvgIpc) is 3.01. The van der Waals surface area contributed by atoms with Crippen molar-refractivity contribution in [3.05, 3.63) is 52.8 Å². The molecule has 2 heterocycles. The maximum atomic E-state index is 13.0. The molecule has 5 nitrogen and oxygen atoms in total. The predicted octanol–water partition coefficient (Wildman–Crippen LogP) is 3.81. The number of carbonyl (C=O) groups excluding carboxylic acids is 1. The molecule has 1 aromatic heterocycles. The van der Waals surface area contributed by atoms with Crippen molar-refractivity contribution in [1.29, 1.82) is 0 Å². The monoisotopic (exact) mass is 411 g/mol. The molecule has 1 fully saturated rings. The zero-order chi connectivity index (χ0) is 21.7. The molecule has 0 atom stereocenters. The number of nitrogens with zero attached hydrogens (tertiary/aromatic N) is 3. The zero-order valence-electron chi connectivity index (χ0n) is 19.3. The van der Waals surface area contributed by atoms with Gasteiger partial charge in [-0.2, -0.15) is 0 Å². The van der Waals surface area contributed by atoms with Crippen LogP contribution in [0.25, 0.3) is 0 Å². The standard InChI is InChI=1S/C25H37N3O2/c1-19(2)17-26-12-14-27(15-13-26)18-25(29)24-16-20(3)28(21(24)4)11-10-22-6-8-23(30-5)9-7-22/h6-9,16,19H,10-15,17-18H2,1-5H3. The van der Waals surface area contributed by atoms with Crippen molar-refractivity contribution in [3.8, 4) is 5.75 Å². The van der Waals surface area contributed by atoms with E-state index in [9.17, 15) is 4.79 Å². The third-order valence-electron chi connectivity index (χ3n) is 6.11. The number of piperazine rings is 1. The van der Waals surface area contributed by atoms with E-state index >= 15 is 0 Å². The Labute approximate surface area is 181 Å². The normalized spacial score (nSPS) is 15.7. The number of methoxy groups -OCH3 is 1. The first-order valence-corrected chi connectivity index (χ1v) is 11.1. The van der Waals surface area contributed by atoms with Crippen LogP contribution < -0.4 is 4.74 Å². The van der Waals surface area contributed by atoms with Crippen LogP contribution in [-0.2, 0) is 13.0 Å². The number of hydrogen-bond donors (Lipinski definition) is 0. The van der Waals surface area contributed by atoms with Crippen LogP contribution in [0.5, 0.6) is 5.75 Å². The molecule has 0 aliphatic carbocycles. The van der Waals surface area contributed by atoms with Crippen LogP contribution in [0.2, 0.25) is 0 Å². The molecule has 1 saturated heterocycles. The minimum atomic E-state index is 0.246. The summed E-state index contributed by atoms with van der Waals surface area (Å²) < 4.78 is 7.51. The molecule has 0 unspecified atom stereocenters. The summed E-state index contributed by atoms with van der Waals surface area (Å²) in [6, 6.07) is 10.3. The summed E-state index contributed by atoms with van der Waals surface area (Å²) in [5.74, 6) is 1.82. The van der Waals surface area contributed by atoms with E-state index < -0.39 is 0 Å². The van der Waals surface area contributed by atoms with Gasteiger partial charge in [-0.05, 0) is 49.9 Å². The molecule has 1 aliphatic heterocycles. The van der Waals surface area contributed by atoms with E-state index in [-0.39, 0.29) is 5.78 Å². The summed E-state index contributed by atoms with van der Waals surface area (Å²) in [7, 11) is 1.69.